The number of rotatable bonds is 2. The highest BCUT2D eigenvalue weighted by Gasteiger charge is 2.38. The summed E-state index contributed by atoms with van der Waals surface area (Å²) in [5.74, 6) is 0.714. The summed E-state index contributed by atoms with van der Waals surface area (Å²) < 4.78 is 7.63. The minimum atomic E-state index is -0.499. The third-order valence-corrected chi connectivity index (χ3v) is 4.40. The van der Waals surface area contributed by atoms with E-state index in [1.54, 1.807) is 11.1 Å². The number of aromatic nitrogens is 2. The molecule has 0 saturated carbocycles. The van der Waals surface area contributed by atoms with Crippen LogP contribution in [0.15, 0.2) is 36.5 Å². The summed E-state index contributed by atoms with van der Waals surface area (Å²) in [5, 5.41) is 13.9. The second-order valence-electron chi connectivity index (χ2n) is 5.63. The van der Waals surface area contributed by atoms with Gasteiger partial charge in [0.05, 0.1) is 24.9 Å². The second-order valence-corrected chi connectivity index (χ2v) is 5.63. The summed E-state index contributed by atoms with van der Waals surface area (Å²) in [6.45, 7) is 1.07. The molecule has 1 N–H and O–H groups in total. The Hall–Kier alpha value is -2.34. The van der Waals surface area contributed by atoms with Crippen molar-refractivity contribution in [2.24, 2.45) is 0 Å². The van der Waals surface area contributed by atoms with Gasteiger partial charge in [0, 0.05) is 19.2 Å². The van der Waals surface area contributed by atoms with Gasteiger partial charge in [-0.1, -0.05) is 18.2 Å². The van der Waals surface area contributed by atoms with Gasteiger partial charge in [0.1, 0.15) is 5.75 Å². The van der Waals surface area contributed by atoms with Crippen LogP contribution < -0.4 is 4.74 Å². The maximum absolute atomic E-state index is 12.8. The lowest BCUT2D eigenvalue weighted by atomic mass is 10.1. The molecule has 4 rings (SSSR count). The quantitative estimate of drug-likeness (QED) is 0.889. The number of ether oxygens (including phenoxy) is 1. The summed E-state index contributed by atoms with van der Waals surface area (Å²) in [4.78, 5) is 14.5. The van der Waals surface area contributed by atoms with E-state index in [-0.39, 0.29) is 18.6 Å². The Bertz CT molecular complexity index is 687. The first kappa shape index (κ1) is 13.3. The van der Waals surface area contributed by atoms with Crippen molar-refractivity contribution in [3.8, 4) is 5.75 Å². The van der Waals surface area contributed by atoms with Crippen molar-refractivity contribution in [3.05, 3.63) is 47.8 Å². The highest BCUT2D eigenvalue weighted by Crippen LogP contribution is 2.31. The zero-order chi connectivity index (χ0) is 15.1. The lowest BCUT2D eigenvalue weighted by Crippen LogP contribution is -2.49. The van der Waals surface area contributed by atoms with E-state index in [0.717, 1.165) is 17.0 Å². The minimum Gasteiger partial charge on any atom is -0.480 e. The Kier molecular flexibility index (Phi) is 3.11. The molecule has 2 unspecified atom stereocenters. The summed E-state index contributed by atoms with van der Waals surface area (Å²) in [5.41, 5.74) is 1.93. The average Bonchev–Trinajstić information content (AvgIpc) is 3.19. The Labute approximate surface area is 127 Å². The normalized spacial score (nSPS) is 22.9. The molecular formula is C16H17N3O3. The third-order valence-electron chi connectivity index (χ3n) is 4.40. The van der Waals surface area contributed by atoms with Gasteiger partial charge >= 0.3 is 0 Å². The SMILES string of the molecule is O=C(C1Cc2ccccc2O1)N1CCn2nccc2C1CO. The Morgan fingerprint density at radius 3 is 3.00 bits per heavy atom. The molecular weight excluding hydrogens is 282 g/mol. The number of fused-ring (bicyclic) bond motifs is 2. The van der Waals surface area contributed by atoms with Crippen LogP contribution in [0.2, 0.25) is 0 Å². The monoisotopic (exact) mass is 299 g/mol. The summed E-state index contributed by atoms with van der Waals surface area (Å²) in [7, 11) is 0. The molecule has 3 heterocycles. The van der Waals surface area contributed by atoms with Crippen molar-refractivity contribution in [1.82, 2.24) is 14.7 Å². The van der Waals surface area contributed by atoms with Gasteiger partial charge in [0.25, 0.3) is 5.91 Å². The average molecular weight is 299 g/mol. The summed E-state index contributed by atoms with van der Waals surface area (Å²) in [6, 6.07) is 9.22. The number of nitrogens with zero attached hydrogens (tertiary/aromatic N) is 3. The van der Waals surface area contributed by atoms with E-state index in [1.165, 1.54) is 0 Å². The standard InChI is InChI=1S/C16H17N3O3/c20-10-13-12-5-6-17-19(12)8-7-18(13)16(21)15-9-11-3-1-2-4-14(11)22-15/h1-6,13,15,20H,7-10H2. The number of hydrogen-bond acceptors (Lipinski definition) is 4. The van der Waals surface area contributed by atoms with Crippen molar-refractivity contribution >= 4 is 5.91 Å². The van der Waals surface area contributed by atoms with E-state index in [4.69, 9.17) is 4.74 Å². The Balaban J connectivity index is 1.57. The van der Waals surface area contributed by atoms with Gasteiger partial charge in [0.2, 0.25) is 0 Å². The van der Waals surface area contributed by atoms with Gasteiger partial charge in [-0.15, -0.1) is 0 Å². The lowest BCUT2D eigenvalue weighted by Gasteiger charge is -2.36. The molecule has 0 fully saturated rings. The summed E-state index contributed by atoms with van der Waals surface area (Å²) >= 11 is 0. The predicted molar refractivity (Wildman–Crippen MR) is 78.3 cm³/mol. The van der Waals surface area contributed by atoms with Gasteiger partial charge < -0.3 is 14.7 Å². The molecule has 0 aliphatic carbocycles. The van der Waals surface area contributed by atoms with Gasteiger partial charge in [-0.05, 0) is 17.7 Å². The first-order valence-electron chi connectivity index (χ1n) is 7.45. The molecule has 2 atom stereocenters. The van der Waals surface area contributed by atoms with E-state index < -0.39 is 6.10 Å². The van der Waals surface area contributed by atoms with Crippen molar-refractivity contribution in [1.29, 1.82) is 0 Å². The lowest BCUT2D eigenvalue weighted by molar-refractivity contribution is -0.142. The molecule has 1 amide bonds. The zero-order valence-corrected chi connectivity index (χ0v) is 12.1. The Morgan fingerprint density at radius 2 is 2.18 bits per heavy atom. The van der Waals surface area contributed by atoms with Crippen LogP contribution in [0.5, 0.6) is 5.75 Å². The first-order chi connectivity index (χ1) is 10.8. The molecule has 1 aromatic heterocycles. The van der Waals surface area contributed by atoms with Gasteiger partial charge in [0.15, 0.2) is 6.10 Å². The van der Waals surface area contributed by atoms with Crippen LogP contribution in [-0.2, 0) is 17.8 Å². The maximum Gasteiger partial charge on any atom is 0.264 e. The van der Waals surface area contributed by atoms with Crippen molar-refractivity contribution < 1.29 is 14.6 Å². The van der Waals surface area contributed by atoms with E-state index in [9.17, 15) is 9.90 Å². The smallest absolute Gasteiger partial charge is 0.264 e. The van der Waals surface area contributed by atoms with Crippen molar-refractivity contribution in [3.63, 3.8) is 0 Å². The molecule has 0 spiro atoms. The van der Waals surface area contributed by atoms with Crippen molar-refractivity contribution in [2.75, 3.05) is 13.2 Å². The molecule has 22 heavy (non-hydrogen) atoms. The number of benzene rings is 1. The number of aliphatic hydroxyl groups excluding tert-OH is 1. The van der Waals surface area contributed by atoms with Gasteiger partial charge in [-0.25, -0.2) is 0 Å². The number of carbonyl (C=O) groups is 1. The van der Waals surface area contributed by atoms with Crippen LogP contribution in [0.3, 0.4) is 0 Å². The Morgan fingerprint density at radius 1 is 1.32 bits per heavy atom. The number of para-hydroxylation sites is 1. The van der Waals surface area contributed by atoms with E-state index in [1.807, 2.05) is 35.0 Å². The number of carbonyl (C=O) groups excluding carboxylic acids is 1. The molecule has 1 aromatic carbocycles. The molecule has 2 aliphatic rings. The fourth-order valence-electron chi connectivity index (χ4n) is 3.29. The van der Waals surface area contributed by atoms with Crippen molar-refractivity contribution in [2.45, 2.75) is 25.1 Å². The fraction of sp³-hybridized carbons (Fsp3) is 0.375. The van der Waals surface area contributed by atoms with Crippen LogP contribution in [0, 0.1) is 0 Å². The summed E-state index contributed by atoms with van der Waals surface area (Å²) in [6.07, 6.45) is 1.79. The molecule has 2 aliphatic heterocycles. The topological polar surface area (TPSA) is 67.6 Å². The van der Waals surface area contributed by atoms with E-state index in [2.05, 4.69) is 5.10 Å². The van der Waals surface area contributed by atoms with E-state index in [0.29, 0.717) is 19.5 Å². The highest BCUT2D eigenvalue weighted by molar-refractivity contribution is 5.83. The van der Waals surface area contributed by atoms with Crippen LogP contribution in [-0.4, -0.2) is 44.9 Å². The molecule has 0 saturated heterocycles. The van der Waals surface area contributed by atoms with Gasteiger partial charge in [-0.3, -0.25) is 9.48 Å². The zero-order valence-electron chi connectivity index (χ0n) is 12.1. The number of aliphatic hydroxyl groups is 1. The molecule has 6 nitrogen and oxygen atoms in total. The molecule has 6 heteroatoms. The number of amides is 1. The fourth-order valence-corrected chi connectivity index (χ4v) is 3.29. The second kappa shape index (κ2) is 5.14. The molecule has 0 radical (unpaired) electrons. The van der Waals surface area contributed by atoms with Crippen LogP contribution in [0.1, 0.15) is 17.3 Å². The predicted octanol–water partition coefficient (Wildman–Crippen LogP) is 0.762. The van der Waals surface area contributed by atoms with E-state index >= 15 is 0 Å². The maximum atomic E-state index is 12.8. The highest BCUT2D eigenvalue weighted by atomic mass is 16.5. The number of hydrogen-bond donors (Lipinski definition) is 1. The first-order valence-corrected chi connectivity index (χ1v) is 7.45. The van der Waals surface area contributed by atoms with Gasteiger partial charge in [-0.2, -0.15) is 5.10 Å². The van der Waals surface area contributed by atoms with Crippen LogP contribution in [0.4, 0.5) is 0 Å². The van der Waals surface area contributed by atoms with Crippen LogP contribution >= 0.6 is 0 Å². The molecule has 114 valence electrons. The largest absolute Gasteiger partial charge is 0.480 e. The van der Waals surface area contributed by atoms with Crippen LogP contribution in [0.25, 0.3) is 0 Å². The minimum absolute atomic E-state index is 0.0669. The molecule has 2 aromatic rings. The third kappa shape index (κ3) is 1.99. The molecule has 0 bridgehead atoms.